The first-order valence-corrected chi connectivity index (χ1v) is 13.0. The monoisotopic (exact) mass is 725 g/mol. The van der Waals surface area contributed by atoms with Crippen LogP contribution in [0.1, 0.15) is 0 Å². The molecule has 0 fully saturated rings. The predicted molar refractivity (Wildman–Crippen MR) is 136 cm³/mol. The lowest BCUT2D eigenvalue weighted by Crippen LogP contribution is -2.05. The van der Waals surface area contributed by atoms with Crippen molar-refractivity contribution in [2.75, 3.05) is 7.11 Å². The van der Waals surface area contributed by atoms with Crippen LogP contribution in [0.15, 0.2) is 84.2 Å². The minimum Gasteiger partial charge on any atom is -0.497 e. The molecule has 266 valence electrons. The van der Waals surface area contributed by atoms with E-state index in [0.717, 1.165) is 27.6 Å². The summed E-state index contributed by atoms with van der Waals surface area (Å²) in [5.74, 6) is 0.857. The fourth-order valence-corrected chi connectivity index (χ4v) is 3.83. The van der Waals surface area contributed by atoms with Gasteiger partial charge < -0.3 is 4.74 Å². The van der Waals surface area contributed by atoms with E-state index in [4.69, 9.17) is 15.0 Å². The molecule has 4 rings (SSSR count). The molecule has 1 aromatic heterocycles. The number of nitrogens with zero attached hydrogens (tertiary/aromatic N) is 1. The Kier molecular flexibility index (Phi) is 20.5. The molecule has 49 heavy (non-hydrogen) atoms. The molecule has 25 nitrogen and oxygen atoms in total. The Morgan fingerprint density at radius 1 is 0.551 bits per heavy atom. The summed E-state index contributed by atoms with van der Waals surface area (Å²) >= 11 is 1.66. The fraction of sp³-hybridized carbons (Fsp3) is 0.0435. The maximum absolute atomic E-state index is 9.49. The van der Waals surface area contributed by atoms with E-state index in [-0.39, 0.29) is 6.47 Å². The third kappa shape index (κ3) is 16.6. The summed E-state index contributed by atoms with van der Waals surface area (Å²) in [7, 11) is 1.68. The zero-order chi connectivity index (χ0) is 34.6. The lowest BCUT2D eigenvalue weighted by atomic mass is 10.0. The van der Waals surface area contributed by atoms with Gasteiger partial charge in [-0.15, -0.1) is 11.3 Å². The number of carbonyl (C=O) groups excluding carboxylic acids is 1. The van der Waals surface area contributed by atoms with Crippen LogP contribution in [0.2, 0.25) is 0 Å². The Bertz CT molecular complexity index is 1400. The molecule has 0 unspecified atom stereocenters. The van der Waals surface area contributed by atoms with Gasteiger partial charge >= 0.3 is 6.47 Å². The second-order valence-electron chi connectivity index (χ2n) is 7.27. The highest BCUT2D eigenvalue weighted by atomic mass is 32.1. The maximum Gasteiger partial charge on any atom is 0.334 e. The number of rotatable bonds is 25. The van der Waals surface area contributed by atoms with Crippen LogP contribution in [0.3, 0.4) is 0 Å². The molecular formula is C23H19NO24S. The first-order chi connectivity index (χ1) is 24.2. The number of aromatic nitrogens is 1. The average molecular weight is 725 g/mol. The number of thiazole rings is 1. The van der Waals surface area contributed by atoms with Crippen molar-refractivity contribution in [2.45, 2.75) is 0 Å². The average Bonchev–Trinajstić information content (AvgIpc) is 3.65. The molecule has 1 N–H and O–H groups in total. The summed E-state index contributed by atoms with van der Waals surface area (Å²) in [6, 6.07) is 27.0. The van der Waals surface area contributed by atoms with E-state index in [1.54, 1.807) is 18.4 Å². The predicted octanol–water partition coefficient (Wildman–Crippen LogP) is 4.42. The zero-order valence-corrected chi connectivity index (χ0v) is 24.7. The lowest BCUT2D eigenvalue weighted by Gasteiger charge is -2.04. The first-order valence-electron chi connectivity index (χ1n) is 12.1. The molecule has 0 radical (unpaired) electrons. The molecule has 3 aromatic carbocycles. The van der Waals surface area contributed by atoms with E-state index < -0.39 is 0 Å². The molecule has 0 spiro atoms. The van der Waals surface area contributed by atoms with E-state index in [1.807, 2.05) is 30.3 Å². The third-order valence-electron chi connectivity index (χ3n) is 4.72. The highest BCUT2D eigenvalue weighted by Crippen LogP contribution is 2.31. The van der Waals surface area contributed by atoms with Crippen molar-refractivity contribution in [1.82, 2.24) is 4.98 Å². The van der Waals surface area contributed by atoms with E-state index >= 15 is 0 Å². The van der Waals surface area contributed by atoms with Gasteiger partial charge in [0.1, 0.15) is 10.8 Å². The molecular weight excluding hydrogens is 706 g/mol. The van der Waals surface area contributed by atoms with Crippen LogP contribution in [0.4, 0.5) is 0 Å². The molecule has 1 heterocycles. The van der Waals surface area contributed by atoms with Gasteiger partial charge in [0.05, 0.1) is 12.8 Å². The van der Waals surface area contributed by atoms with Gasteiger partial charge in [-0.1, -0.05) is 48.5 Å². The molecule has 0 aliphatic carbocycles. The topological polar surface area (TPSA) is 253 Å². The van der Waals surface area contributed by atoms with Crippen LogP contribution < -0.4 is 4.74 Å². The van der Waals surface area contributed by atoms with Crippen molar-refractivity contribution < 1.29 is 120 Å². The quantitative estimate of drug-likeness (QED) is 0.0429. The van der Waals surface area contributed by atoms with E-state index in [0.29, 0.717) is 0 Å². The normalized spacial score (nSPS) is 10.7. The summed E-state index contributed by atoms with van der Waals surface area (Å²) in [6.07, 6.45) is 0. The van der Waals surface area contributed by atoms with Crippen molar-refractivity contribution in [1.29, 1.82) is 0 Å². The molecule has 0 aliphatic rings. The Morgan fingerprint density at radius 2 is 1.04 bits per heavy atom. The van der Waals surface area contributed by atoms with Gasteiger partial charge in [-0.3, -0.25) is 9.68 Å². The number of ether oxygens (including phenoxy) is 1. The Labute approximate surface area is 273 Å². The molecule has 0 saturated heterocycles. The van der Waals surface area contributed by atoms with Gasteiger partial charge in [0.2, 0.25) is 0 Å². The van der Waals surface area contributed by atoms with E-state index in [2.05, 4.69) is 160 Å². The van der Waals surface area contributed by atoms with E-state index in [1.165, 1.54) is 11.1 Å². The van der Waals surface area contributed by atoms with Crippen molar-refractivity contribution in [3.8, 4) is 38.7 Å². The summed E-state index contributed by atoms with van der Waals surface area (Å²) < 4.78 is 5.22. The van der Waals surface area contributed by atoms with Gasteiger partial charge in [-0.05, 0) is 81.8 Å². The standard InChI is InChI=1S/C22H17NOS.CH2O23/c1-24-20-12-10-17(11-13-20)22-23-21(15-25-22)19-9-5-8-18(14-19)16-6-3-2-4-7-16;2-1-4-6-8-10-12-14-16-18-20-22-24-23-21-19-17-15-13-11-9-7-5-3/h2-15H,1H3;1,3H. The van der Waals surface area contributed by atoms with Gasteiger partial charge in [-0.2, -0.15) is 0 Å². The summed E-state index contributed by atoms with van der Waals surface area (Å²) in [6.45, 7) is -0.158. The van der Waals surface area contributed by atoms with Gasteiger partial charge in [0.15, 0.2) is 0 Å². The molecule has 0 amide bonds. The highest BCUT2D eigenvalue weighted by molar-refractivity contribution is 7.13. The van der Waals surface area contributed by atoms with Crippen LogP contribution in [0.5, 0.6) is 5.75 Å². The minimum absolute atomic E-state index is 0.158. The third-order valence-corrected chi connectivity index (χ3v) is 5.61. The molecule has 26 heteroatoms. The maximum atomic E-state index is 9.49. The molecule has 4 aromatic rings. The summed E-state index contributed by atoms with van der Waals surface area (Å²) in [5, 5.41) is 78.8. The summed E-state index contributed by atoms with van der Waals surface area (Å²) in [5.41, 5.74) is 5.68. The van der Waals surface area contributed by atoms with Gasteiger partial charge in [-0.25, -0.2) is 10.2 Å². The second-order valence-corrected chi connectivity index (χ2v) is 8.13. The van der Waals surface area contributed by atoms with Crippen LogP contribution in [0.25, 0.3) is 33.0 Å². The number of carbonyl (C=O) groups is 1. The van der Waals surface area contributed by atoms with Crippen molar-refractivity contribution >= 4 is 17.8 Å². The smallest absolute Gasteiger partial charge is 0.334 e. The highest BCUT2D eigenvalue weighted by Gasteiger charge is 2.08. The second kappa shape index (κ2) is 25.7. The van der Waals surface area contributed by atoms with Gasteiger partial charge in [0.25, 0.3) is 0 Å². The van der Waals surface area contributed by atoms with Crippen molar-refractivity contribution in [2.24, 2.45) is 0 Å². The van der Waals surface area contributed by atoms with Crippen LogP contribution in [-0.4, -0.2) is 23.8 Å². The summed E-state index contributed by atoms with van der Waals surface area (Å²) in [4.78, 5) is 17.8. The SMILES string of the molecule is COc1ccc(-c2nc(-c3cccc(-c4ccccc4)c3)cs2)cc1.O=COOOOOOOOOOOOOOOOOOOOOO. The number of benzene rings is 3. The largest absolute Gasteiger partial charge is 0.497 e. The van der Waals surface area contributed by atoms with Crippen LogP contribution >= 0.6 is 11.3 Å². The van der Waals surface area contributed by atoms with Crippen LogP contribution in [0, 0.1) is 0 Å². The van der Waals surface area contributed by atoms with Crippen molar-refractivity contribution in [3.63, 3.8) is 0 Å². The molecule has 0 aliphatic heterocycles. The lowest BCUT2D eigenvalue weighted by molar-refractivity contribution is -0.896. The number of hydrogen-bond acceptors (Lipinski definition) is 26. The van der Waals surface area contributed by atoms with Crippen LogP contribution in [-0.2, 0) is 110 Å². The number of methoxy groups -OCH3 is 1. The molecule has 0 saturated carbocycles. The fourth-order valence-electron chi connectivity index (χ4n) is 3.00. The minimum atomic E-state index is -0.158. The Balaban J connectivity index is 0.000000266. The number of hydrogen-bond donors (Lipinski definition) is 1. The van der Waals surface area contributed by atoms with Crippen molar-refractivity contribution in [3.05, 3.63) is 84.2 Å². The van der Waals surface area contributed by atoms with E-state index in [9.17, 15) is 4.79 Å². The molecule has 0 bridgehead atoms. The Hall–Kier alpha value is -4.28. The van der Waals surface area contributed by atoms with Gasteiger partial charge in [0, 0.05) is 77.0 Å². The zero-order valence-electron chi connectivity index (χ0n) is 23.9. The Morgan fingerprint density at radius 3 is 1.55 bits per heavy atom. The first kappa shape index (κ1) is 39.2. The molecule has 0 atom stereocenters.